The molecule has 8 nitrogen and oxygen atoms in total. The van der Waals surface area contributed by atoms with E-state index in [4.69, 9.17) is 29.0 Å². The number of benzene rings is 2. The van der Waals surface area contributed by atoms with Gasteiger partial charge in [-0.05, 0) is 48.4 Å². The molecule has 0 spiro atoms. The van der Waals surface area contributed by atoms with Crippen molar-refractivity contribution in [3.05, 3.63) is 65.7 Å². The van der Waals surface area contributed by atoms with Crippen LogP contribution >= 0.6 is 7.82 Å². The third-order valence-corrected chi connectivity index (χ3v) is 6.59. The molecule has 1 fully saturated rings. The van der Waals surface area contributed by atoms with Crippen molar-refractivity contribution in [2.75, 3.05) is 40.1 Å². The molecule has 3 N–H and O–H groups in total. The van der Waals surface area contributed by atoms with Crippen LogP contribution in [0.4, 0.5) is 0 Å². The fourth-order valence-corrected chi connectivity index (χ4v) is 4.66. The second-order valence-electron chi connectivity index (χ2n) is 8.33. The van der Waals surface area contributed by atoms with Crippen molar-refractivity contribution in [2.45, 2.75) is 37.3 Å². The second-order valence-corrected chi connectivity index (χ2v) is 9.78. The topological polar surface area (TPSA) is 109 Å². The Hall–Kier alpha value is -1.77. The van der Waals surface area contributed by atoms with E-state index in [0.29, 0.717) is 39.3 Å². The van der Waals surface area contributed by atoms with Gasteiger partial charge in [0.05, 0.1) is 33.0 Å². The Morgan fingerprint density at radius 2 is 1.76 bits per heavy atom. The van der Waals surface area contributed by atoms with Crippen LogP contribution in [0.5, 0.6) is 5.75 Å². The van der Waals surface area contributed by atoms with Crippen molar-refractivity contribution in [1.29, 1.82) is 0 Å². The van der Waals surface area contributed by atoms with Gasteiger partial charge in [0.25, 0.3) is 0 Å². The summed E-state index contributed by atoms with van der Waals surface area (Å²) >= 11 is 0. The van der Waals surface area contributed by atoms with Crippen LogP contribution in [0.25, 0.3) is 0 Å². The average molecular weight is 480 g/mol. The Labute approximate surface area is 195 Å². The van der Waals surface area contributed by atoms with Gasteiger partial charge >= 0.3 is 7.82 Å². The van der Waals surface area contributed by atoms with Gasteiger partial charge in [-0.25, -0.2) is 4.57 Å². The van der Waals surface area contributed by atoms with E-state index in [0.717, 1.165) is 17.7 Å². The Kier molecular flexibility index (Phi) is 9.89. The lowest BCUT2D eigenvalue weighted by Gasteiger charge is -2.25. The van der Waals surface area contributed by atoms with Gasteiger partial charge in [-0.1, -0.05) is 42.5 Å². The third-order valence-electron chi connectivity index (χ3n) is 5.68. The zero-order valence-electron chi connectivity index (χ0n) is 19.1. The Morgan fingerprint density at radius 3 is 2.48 bits per heavy atom. The number of nitrogens with two attached hydrogens (primary N) is 1. The normalized spacial score (nSPS) is 22.2. The van der Waals surface area contributed by atoms with Crippen LogP contribution in [0.2, 0.25) is 0 Å². The first kappa shape index (κ1) is 25.8. The summed E-state index contributed by atoms with van der Waals surface area (Å²) in [5, 5.41) is 0. The second kappa shape index (κ2) is 12.6. The molecule has 3 rings (SSSR count). The van der Waals surface area contributed by atoms with Gasteiger partial charge in [-0.15, -0.1) is 0 Å². The van der Waals surface area contributed by atoms with Crippen molar-refractivity contribution < 1.29 is 32.7 Å². The summed E-state index contributed by atoms with van der Waals surface area (Å²) in [5.41, 5.74) is 7.78. The number of hydrogen-bond donors (Lipinski definition) is 2. The number of phosphoric acid groups is 1. The molecule has 2 aromatic rings. The number of ether oxygens (including phenoxy) is 3. The lowest BCUT2D eigenvalue weighted by molar-refractivity contribution is 0.0544. The van der Waals surface area contributed by atoms with Gasteiger partial charge in [0, 0.05) is 12.6 Å². The molecule has 0 radical (unpaired) electrons. The Balaban J connectivity index is 1.41. The first-order valence-electron chi connectivity index (χ1n) is 11.1. The highest BCUT2D eigenvalue weighted by atomic mass is 31.2. The lowest BCUT2D eigenvalue weighted by Crippen LogP contribution is -2.41. The molecule has 0 heterocycles. The molecule has 0 aromatic heterocycles. The summed E-state index contributed by atoms with van der Waals surface area (Å²) in [6.07, 6.45) is 2.25. The van der Waals surface area contributed by atoms with E-state index in [-0.39, 0.29) is 19.1 Å². The molecular formula is C24H34NO7P. The molecule has 33 heavy (non-hydrogen) atoms. The molecule has 1 aliphatic carbocycles. The summed E-state index contributed by atoms with van der Waals surface area (Å²) < 4.78 is 38.6. The van der Waals surface area contributed by atoms with Crippen LogP contribution in [-0.4, -0.2) is 50.6 Å². The summed E-state index contributed by atoms with van der Waals surface area (Å²) in [7, 11) is -2.55. The molecular weight excluding hydrogens is 445 g/mol. The number of phosphoric ester groups is 1. The highest BCUT2D eigenvalue weighted by molar-refractivity contribution is 7.47. The van der Waals surface area contributed by atoms with E-state index in [1.807, 2.05) is 54.6 Å². The zero-order chi connectivity index (χ0) is 23.6. The standard InChI is InChI=1S/C24H34NO7P/c1-28-13-14-29-15-16-30-23-9-7-21(8-10-23)22-11-12-24(25,17-22)19-32-33(26,27)31-18-20-5-3-2-4-6-20/h2-10,22H,11-19,25H2,1H3,(H,26,27)/t22-,24-/m1/s1. The molecule has 1 unspecified atom stereocenters. The van der Waals surface area contributed by atoms with Gasteiger partial charge in [0.2, 0.25) is 0 Å². The van der Waals surface area contributed by atoms with E-state index in [1.54, 1.807) is 7.11 Å². The first-order valence-corrected chi connectivity index (χ1v) is 12.6. The molecule has 3 atom stereocenters. The molecule has 1 aliphatic rings. The maximum Gasteiger partial charge on any atom is 0.472 e. The van der Waals surface area contributed by atoms with Crippen molar-refractivity contribution >= 4 is 7.82 Å². The monoisotopic (exact) mass is 479 g/mol. The van der Waals surface area contributed by atoms with Gasteiger partial charge in [0.1, 0.15) is 12.4 Å². The fraction of sp³-hybridized carbons (Fsp3) is 0.500. The quantitative estimate of drug-likeness (QED) is 0.309. The Morgan fingerprint density at radius 1 is 1.03 bits per heavy atom. The number of hydrogen-bond acceptors (Lipinski definition) is 7. The highest BCUT2D eigenvalue weighted by Crippen LogP contribution is 2.47. The maximum atomic E-state index is 12.3. The predicted molar refractivity (Wildman–Crippen MR) is 125 cm³/mol. The largest absolute Gasteiger partial charge is 0.491 e. The molecule has 0 bridgehead atoms. The summed E-state index contributed by atoms with van der Waals surface area (Å²) in [5.74, 6) is 1.04. The minimum absolute atomic E-state index is 0.00249. The van der Waals surface area contributed by atoms with Crippen LogP contribution in [0.15, 0.2) is 54.6 Å². The van der Waals surface area contributed by atoms with Crippen molar-refractivity contribution in [2.24, 2.45) is 5.73 Å². The third kappa shape index (κ3) is 8.83. The van der Waals surface area contributed by atoms with E-state index in [9.17, 15) is 9.46 Å². The van der Waals surface area contributed by atoms with Crippen LogP contribution in [0.1, 0.15) is 36.3 Å². The molecule has 0 aliphatic heterocycles. The molecule has 182 valence electrons. The average Bonchev–Trinajstić information content (AvgIpc) is 3.22. The summed E-state index contributed by atoms with van der Waals surface area (Å²) in [6, 6.07) is 17.1. The van der Waals surface area contributed by atoms with Crippen molar-refractivity contribution in [1.82, 2.24) is 0 Å². The highest BCUT2D eigenvalue weighted by Gasteiger charge is 2.39. The minimum Gasteiger partial charge on any atom is -0.491 e. The summed E-state index contributed by atoms with van der Waals surface area (Å²) in [4.78, 5) is 10.0. The van der Waals surface area contributed by atoms with E-state index in [2.05, 4.69) is 0 Å². The van der Waals surface area contributed by atoms with Crippen molar-refractivity contribution in [3.8, 4) is 5.75 Å². The number of methoxy groups -OCH3 is 1. The van der Waals surface area contributed by atoms with Gasteiger partial charge in [0.15, 0.2) is 0 Å². The smallest absolute Gasteiger partial charge is 0.472 e. The predicted octanol–water partition coefficient (Wildman–Crippen LogP) is 4.03. The van der Waals surface area contributed by atoms with Crippen LogP contribution in [0.3, 0.4) is 0 Å². The first-order chi connectivity index (χ1) is 15.9. The van der Waals surface area contributed by atoms with E-state index in [1.165, 1.54) is 5.56 Å². The fourth-order valence-electron chi connectivity index (χ4n) is 3.85. The van der Waals surface area contributed by atoms with Gasteiger partial charge < -0.3 is 24.8 Å². The van der Waals surface area contributed by atoms with Crippen LogP contribution < -0.4 is 10.5 Å². The molecule has 0 saturated heterocycles. The summed E-state index contributed by atoms with van der Waals surface area (Å²) in [6.45, 7) is 2.07. The van der Waals surface area contributed by atoms with E-state index < -0.39 is 13.4 Å². The molecule has 9 heteroatoms. The molecule has 2 aromatic carbocycles. The Bertz CT molecular complexity index is 880. The number of rotatable bonds is 14. The lowest BCUT2D eigenvalue weighted by atomic mass is 9.94. The van der Waals surface area contributed by atoms with Crippen LogP contribution in [-0.2, 0) is 29.7 Å². The van der Waals surface area contributed by atoms with Gasteiger partial charge in [-0.2, -0.15) is 0 Å². The zero-order valence-corrected chi connectivity index (χ0v) is 20.0. The minimum atomic E-state index is -4.19. The van der Waals surface area contributed by atoms with Crippen molar-refractivity contribution in [3.63, 3.8) is 0 Å². The van der Waals surface area contributed by atoms with E-state index >= 15 is 0 Å². The van der Waals surface area contributed by atoms with Crippen LogP contribution in [0, 0.1) is 0 Å². The van der Waals surface area contributed by atoms with Gasteiger partial charge in [-0.3, -0.25) is 9.05 Å². The molecule has 1 saturated carbocycles. The SMILES string of the molecule is COCCOCCOc1ccc([C@@H]2CC[C@](N)(COP(=O)(O)OCc3ccccc3)C2)cc1. The maximum absolute atomic E-state index is 12.3. The molecule has 0 amide bonds.